The monoisotopic (exact) mass is 365 g/mol. The zero-order valence-corrected chi connectivity index (χ0v) is 14.2. The van der Waals surface area contributed by atoms with Gasteiger partial charge >= 0.3 is 0 Å². The molecule has 0 amide bonds. The van der Waals surface area contributed by atoms with Crippen LogP contribution in [0.15, 0.2) is 4.90 Å². The molecule has 1 saturated heterocycles. The van der Waals surface area contributed by atoms with Gasteiger partial charge in [-0.25, -0.2) is 22.0 Å². The van der Waals surface area contributed by atoms with Crippen molar-refractivity contribution in [1.82, 2.24) is 4.47 Å². The van der Waals surface area contributed by atoms with Gasteiger partial charge in [0.25, 0.3) is 0 Å². The van der Waals surface area contributed by atoms with Gasteiger partial charge < -0.3 is 0 Å². The molecule has 4 rings (SSSR count). The van der Waals surface area contributed by atoms with E-state index in [-0.39, 0.29) is 10.8 Å². The van der Waals surface area contributed by atoms with Crippen molar-refractivity contribution < 1.29 is 26.8 Å². The van der Waals surface area contributed by atoms with E-state index in [4.69, 9.17) is 4.84 Å². The van der Waals surface area contributed by atoms with Crippen LogP contribution in [0.3, 0.4) is 0 Å². The van der Waals surface area contributed by atoms with Gasteiger partial charge in [-0.15, -0.1) is 0 Å². The van der Waals surface area contributed by atoms with Crippen LogP contribution >= 0.6 is 11.9 Å². The molecule has 0 N–H and O–H groups in total. The highest BCUT2D eigenvalue weighted by Crippen LogP contribution is 2.77. The largest absolute Gasteiger partial charge is 0.259 e. The highest BCUT2D eigenvalue weighted by Gasteiger charge is 2.80. The molecule has 132 valence electrons. The van der Waals surface area contributed by atoms with E-state index in [0.29, 0.717) is 24.3 Å². The lowest BCUT2D eigenvalue weighted by molar-refractivity contribution is 0.0701. The first kappa shape index (κ1) is 16.6. The van der Waals surface area contributed by atoms with Crippen LogP contribution < -0.4 is 0 Å². The fraction of sp³-hybridized carbons (Fsp3) is 0.625. The van der Waals surface area contributed by atoms with E-state index in [1.807, 2.05) is 0 Å². The van der Waals surface area contributed by atoms with Crippen LogP contribution in [-0.2, 0) is 4.84 Å². The first-order valence-electron chi connectivity index (χ1n) is 7.75. The Labute approximate surface area is 140 Å². The molecular weight excluding hydrogens is 349 g/mol. The molecule has 2 bridgehead atoms. The number of benzene rings is 1. The van der Waals surface area contributed by atoms with E-state index in [2.05, 4.69) is 20.8 Å². The molecule has 3 aliphatic rings. The van der Waals surface area contributed by atoms with Gasteiger partial charge in [-0.2, -0.15) is 0 Å². The second-order valence-corrected chi connectivity index (χ2v) is 8.54. The number of hydrogen-bond donors (Lipinski definition) is 0. The van der Waals surface area contributed by atoms with Gasteiger partial charge in [-0.05, 0) is 42.5 Å². The standard InChI is InChI=1S/C16H16F5NOS/c1-14(2)7-4-5-15(14,3)16(6-7)22(23-16)24-13-11(20)9(18)8(17)10(19)12(13)21/h7H,4-6H2,1-3H3/t7-,15-,16+,22?/m1/s1. The molecule has 8 heteroatoms. The summed E-state index contributed by atoms with van der Waals surface area (Å²) in [5.74, 6) is -9.27. The van der Waals surface area contributed by atoms with Crippen LogP contribution in [0, 0.1) is 45.8 Å². The average molecular weight is 365 g/mol. The van der Waals surface area contributed by atoms with Crippen LogP contribution in [0.25, 0.3) is 0 Å². The minimum absolute atomic E-state index is 0.0152. The summed E-state index contributed by atoms with van der Waals surface area (Å²) in [7, 11) is 0. The lowest BCUT2D eigenvalue weighted by Crippen LogP contribution is -2.39. The summed E-state index contributed by atoms with van der Waals surface area (Å²) in [5.41, 5.74) is -0.954. The lowest BCUT2D eigenvalue weighted by atomic mass is 9.68. The molecule has 2 aliphatic carbocycles. The molecule has 2 nitrogen and oxygen atoms in total. The summed E-state index contributed by atoms with van der Waals surface area (Å²) < 4.78 is 68.9. The van der Waals surface area contributed by atoms with Crippen LogP contribution in [-0.4, -0.2) is 10.2 Å². The number of hydrogen-bond acceptors (Lipinski definition) is 3. The minimum atomic E-state index is -2.15. The molecule has 1 aliphatic heterocycles. The van der Waals surface area contributed by atoms with Crippen molar-refractivity contribution in [3.05, 3.63) is 29.1 Å². The molecule has 1 unspecified atom stereocenters. The quantitative estimate of drug-likeness (QED) is 0.236. The Hall–Kier alpha value is -0.860. The van der Waals surface area contributed by atoms with Crippen molar-refractivity contribution in [3.8, 4) is 0 Å². The van der Waals surface area contributed by atoms with Gasteiger partial charge in [0.2, 0.25) is 5.82 Å². The van der Waals surface area contributed by atoms with Crippen molar-refractivity contribution in [3.63, 3.8) is 0 Å². The second-order valence-electron chi connectivity index (χ2n) is 7.62. The molecule has 1 aromatic rings. The van der Waals surface area contributed by atoms with Gasteiger partial charge in [-0.3, -0.25) is 4.84 Å². The molecule has 1 aromatic carbocycles. The molecule has 0 radical (unpaired) electrons. The SMILES string of the molecule is CC1(C)[C@@H]2CC[C@@]1(C)[C@]1(C2)ON1Sc1c(F)c(F)c(F)c(F)c1F. The van der Waals surface area contributed by atoms with Crippen LogP contribution in [0.1, 0.15) is 40.0 Å². The van der Waals surface area contributed by atoms with E-state index in [1.165, 1.54) is 4.47 Å². The minimum Gasteiger partial charge on any atom is -0.259 e. The van der Waals surface area contributed by atoms with Crippen molar-refractivity contribution in [2.75, 3.05) is 0 Å². The molecule has 24 heavy (non-hydrogen) atoms. The van der Waals surface area contributed by atoms with Crippen molar-refractivity contribution in [2.45, 2.75) is 50.7 Å². The third-order valence-electron chi connectivity index (χ3n) is 6.66. The Morgan fingerprint density at radius 1 is 0.958 bits per heavy atom. The summed E-state index contributed by atoms with van der Waals surface area (Å²) in [4.78, 5) is 4.76. The van der Waals surface area contributed by atoms with Gasteiger partial charge in [0, 0.05) is 5.41 Å². The second kappa shape index (κ2) is 4.65. The van der Waals surface area contributed by atoms with Crippen LogP contribution in [0.4, 0.5) is 22.0 Å². The number of hydroxylamine groups is 1. The third-order valence-corrected chi connectivity index (χ3v) is 7.74. The first-order valence-corrected chi connectivity index (χ1v) is 8.53. The molecule has 3 fully saturated rings. The number of rotatable bonds is 2. The Morgan fingerprint density at radius 2 is 1.50 bits per heavy atom. The van der Waals surface area contributed by atoms with E-state index >= 15 is 0 Å². The topological polar surface area (TPSA) is 15.5 Å². The number of nitrogens with zero attached hydrogens (tertiary/aromatic N) is 1. The fourth-order valence-electron chi connectivity index (χ4n) is 4.58. The highest BCUT2D eigenvalue weighted by atomic mass is 32.2. The van der Waals surface area contributed by atoms with Gasteiger partial charge in [0.15, 0.2) is 29.0 Å². The van der Waals surface area contributed by atoms with Crippen molar-refractivity contribution in [1.29, 1.82) is 0 Å². The molecular formula is C16H16F5NOS. The Kier molecular flexibility index (Phi) is 3.21. The van der Waals surface area contributed by atoms with Crippen LogP contribution in [0.5, 0.6) is 0 Å². The van der Waals surface area contributed by atoms with E-state index in [9.17, 15) is 22.0 Å². The number of halogens is 5. The van der Waals surface area contributed by atoms with Crippen molar-refractivity contribution in [2.24, 2.45) is 16.7 Å². The summed E-state index contributed by atoms with van der Waals surface area (Å²) in [6.45, 7) is 6.35. The summed E-state index contributed by atoms with van der Waals surface area (Å²) in [6.07, 6.45) is 2.65. The van der Waals surface area contributed by atoms with Crippen molar-refractivity contribution >= 4 is 11.9 Å². The highest BCUT2D eigenvalue weighted by molar-refractivity contribution is 7.97. The Bertz CT molecular complexity index is 727. The maximum atomic E-state index is 13.9. The molecule has 1 spiro atoms. The van der Waals surface area contributed by atoms with E-state index in [0.717, 1.165) is 12.8 Å². The third kappa shape index (κ3) is 1.69. The Morgan fingerprint density at radius 3 is 1.96 bits per heavy atom. The maximum Gasteiger partial charge on any atom is 0.200 e. The smallest absolute Gasteiger partial charge is 0.200 e. The first-order chi connectivity index (χ1) is 11.1. The zero-order chi connectivity index (χ0) is 17.7. The van der Waals surface area contributed by atoms with Gasteiger partial charge in [-0.1, -0.05) is 25.2 Å². The molecule has 2 saturated carbocycles. The van der Waals surface area contributed by atoms with Crippen LogP contribution in [0.2, 0.25) is 0 Å². The van der Waals surface area contributed by atoms with E-state index < -0.39 is 39.7 Å². The summed E-state index contributed by atoms with van der Waals surface area (Å²) in [6, 6.07) is 0. The summed E-state index contributed by atoms with van der Waals surface area (Å²) in [5, 5.41) is 0. The van der Waals surface area contributed by atoms with Gasteiger partial charge in [0.05, 0.1) is 0 Å². The molecule has 1 heterocycles. The zero-order valence-electron chi connectivity index (χ0n) is 13.4. The lowest BCUT2D eigenvalue weighted by Gasteiger charge is -2.36. The fourth-order valence-corrected chi connectivity index (χ4v) is 5.67. The molecule has 4 atom stereocenters. The predicted octanol–water partition coefficient (Wildman–Crippen LogP) is 5.18. The van der Waals surface area contributed by atoms with E-state index in [1.54, 1.807) is 0 Å². The molecule has 0 aromatic heterocycles. The predicted molar refractivity (Wildman–Crippen MR) is 77.0 cm³/mol. The average Bonchev–Trinajstić information content (AvgIpc) is 3.13. The van der Waals surface area contributed by atoms with Gasteiger partial charge in [0.1, 0.15) is 4.90 Å². The Balaban J connectivity index is 1.67. The maximum absolute atomic E-state index is 13.9. The number of fused-ring (bicyclic) bond motifs is 3. The normalized spacial score (nSPS) is 39.0. The summed E-state index contributed by atoms with van der Waals surface area (Å²) >= 11 is 0.449.